The zero-order valence-corrected chi connectivity index (χ0v) is 31.3. The van der Waals surface area contributed by atoms with Gasteiger partial charge in [0.25, 0.3) is 0 Å². The van der Waals surface area contributed by atoms with Crippen LogP contribution >= 0.6 is 15.9 Å². The Kier molecular flexibility index (Phi) is 10.8. The topological polar surface area (TPSA) is 126 Å². The number of benzene rings is 1. The van der Waals surface area contributed by atoms with E-state index in [4.69, 9.17) is 0 Å². The molecule has 0 bridgehead atoms. The van der Waals surface area contributed by atoms with Crippen molar-refractivity contribution in [2.75, 3.05) is 25.5 Å². The Morgan fingerprint density at radius 2 is 1.90 bits per heavy atom. The van der Waals surface area contributed by atoms with Crippen LogP contribution in [0.5, 0.6) is 0 Å². The molecule has 0 spiro atoms. The maximum atomic E-state index is 14.8. The number of alkyl halides is 1. The minimum absolute atomic E-state index is 0.134. The second kappa shape index (κ2) is 15.1. The van der Waals surface area contributed by atoms with Gasteiger partial charge in [0, 0.05) is 53.8 Å². The zero-order valence-electron chi connectivity index (χ0n) is 29.7. The number of nitrogens with zero attached hydrogens (tertiary/aromatic N) is 7. The standard InChI is InChI=1S/C38H44BrFN8O3/c1-6-8-10-25-11-12-32(39)43-36(25)44-37(51)30-16-38(22-46(5)13-9-7-2)17-31(38)48(30)33(50)21-47-35-27(18-40)14-26(28-19-41-24(4)42-20-28)15-29(35)34(45-47)23(3)49/h6,8,11-12,14-15,19-20,30-31H,7,9-10,13,16-18,21-22H2,1-5H3,(H,43,44,51)/b8-6+/t30-,31+,38-/m0/s1. The van der Waals surface area contributed by atoms with Gasteiger partial charge in [0.05, 0.1) is 5.52 Å². The van der Waals surface area contributed by atoms with Gasteiger partial charge in [0.15, 0.2) is 5.78 Å². The number of rotatable bonds is 14. The molecule has 4 aromatic rings. The average Bonchev–Trinajstić information content (AvgIpc) is 3.50. The van der Waals surface area contributed by atoms with Crippen LogP contribution in [0.2, 0.25) is 0 Å². The van der Waals surface area contributed by atoms with Crippen molar-refractivity contribution in [2.24, 2.45) is 5.41 Å². The molecule has 1 aliphatic carbocycles. The van der Waals surface area contributed by atoms with Crippen LogP contribution in [0.15, 0.2) is 53.4 Å². The molecule has 2 amide bonds. The molecule has 1 N–H and O–H groups in total. The van der Waals surface area contributed by atoms with E-state index in [1.54, 1.807) is 36.4 Å². The number of allylic oxidation sites excluding steroid dienone is 2. The lowest BCUT2D eigenvalue weighted by atomic mass is 9.98. The number of unbranched alkanes of at least 4 members (excludes halogenated alkanes) is 1. The third kappa shape index (κ3) is 7.50. The van der Waals surface area contributed by atoms with Gasteiger partial charge in [-0.25, -0.2) is 19.3 Å². The summed E-state index contributed by atoms with van der Waals surface area (Å²) in [6.07, 6.45) is 11.3. The van der Waals surface area contributed by atoms with E-state index in [0.29, 0.717) is 56.7 Å². The number of likely N-dealkylation sites (tertiary alicyclic amines) is 1. The number of Topliss-reactive ketones (excluding diaryl/α,β-unsaturated/α-hetero) is 1. The van der Waals surface area contributed by atoms with Crippen LogP contribution in [0.3, 0.4) is 0 Å². The molecular weight excluding hydrogens is 715 g/mol. The first-order chi connectivity index (χ1) is 24.5. The van der Waals surface area contributed by atoms with Crippen LogP contribution in [0.4, 0.5) is 10.2 Å². The number of carbonyl (C=O) groups excluding carboxylic acids is 3. The molecule has 4 heterocycles. The van der Waals surface area contributed by atoms with Gasteiger partial charge in [-0.3, -0.25) is 19.1 Å². The maximum absolute atomic E-state index is 14.8. The van der Waals surface area contributed by atoms with E-state index in [-0.39, 0.29) is 41.3 Å². The van der Waals surface area contributed by atoms with E-state index >= 15 is 0 Å². The molecule has 13 heteroatoms. The Morgan fingerprint density at radius 1 is 1.14 bits per heavy atom. The maximum Gasteiger partial charge on any atom is 0.248 e. The molecule has 268 valence electrons. The van der Waals surface area contributed by atoms with Crippen LogP contribution in [0, 0.1) is 12.3 Å². The van der Waals surface area contributed by atoms with Crippen LogP contribution in [0.25, 0.3) is 22.0 Å². The number of pyridine rings is 1. The highest BCUT2D eigenvalue weighted by molar-refractivity contribution is 9.10. The SMILES string of the molecule is C/C=C/Cc1ccc(Br)nc1NC(=O)[C@@H]1C[C@@]2(CN(C)CCCC)C[C@H]2N1C(=O)Cn1nc(C(C)=O)c2cc(-c3cnc(C)nc3)cc(CF)c21. The Morgan fingerprint density at radius 3 is 2.59 bits per heavy atom. The summed E-state index contributed by atoms with van der Waals surface area (Å²) in [4.78, 5) is 58.6. The highest BCUT2D eigenvalue weighted by Gasteiger charge is 2.67. The summed E-state index contributed by atoms with van der Waals surface area (Å²) < 4.78 is 16.8. The van der Waals surface area contributed by atoms with E-state index in [1.165, 1.54) is 11.6 Å². The lowest BCUT2D eigenvalue weighted by Crippen LogP contribution is -2.47. The molecule has 2 fully saturated rings. The quantitative estimate of drug-likeness (QED) is 0.0881. The van der Waals surface area contributed by atoms with Crippen molar-refractivity contribution in [1.29, 1.82) is 0 Å². The van der Waals surface area contributed by atoms with E-state index in [2.05, 4.69) is 60.2 Å². The zero-order chi connectivity index (χ0) is 36.4. The van der Waals surface area contributed by atoms with Crippen molar-refractivity contribution in [1.82, 2.24) is 34.5 Å². The molecule has 51 heavy (non-hydrogen) atoms. The largest absolute Gasteiger partial charge is 0.325 e. The summed E-state index contributed by atoms with van der Waals surface area (Å²) in [5, 5.41) is 8.06. The first-order valence-electron chi connectivity index (χ1n) is 17.4. The van der Waals surface area contributed by atoms with E-state index in [0.717, 1.165) is 37.9 Å². The number of halogens is 2. The van der Waals surface area contributed by atoms with Crippen molar-refractivity contribution >= 4 is 50.2 Å². The van der Waals surface area contributed by atoms with Gasteiger partial charge in [-0.15, -0.1) is 0 Å². The van der Waals surface area contributed by atoms with E-state index in [9.17, 15) is 18.8 Å². The van der Waals surface area contributed by atoms with Gasteiger partial charge in [0.2, 0.25) is 11.8 Å². The Bertz CT molecular complexity index is 2000. The third-order valence-corrected chi connectivity index (χ3v) is 10.5. The number of hydrogen-bond acceptors (Lipinski definition) is 8. The fourth-order valence-corrected chi connectivity index (χ4v) is 7.78. The Labute approximate surface area is 305 Å². The van der Waals surface area contributed by atoms with Crippen molar-refractivity contribution < 1.29 is 18.8 Å². The van der Waals surface area contributed by atoms with Crippen molar-refractivity contribution in [3.63, 3.8) is 0 Å². The van der Waals surface area contributed by atoms with Crippen LogP contribution in [0.1, 0.15) is 73.9 Å². The molecule has 1 saturated heterocycles. The molecule has 1 aromatic carbocycles. The van der Waals surface area contributed by atoms with Gasteiger partial charge in [0.1, 0.15) is 41.2 Å². The molecule has 1 saturated carbocycles. The van der Waals surface area contributed by atoms with Crippen LogP contribution < -0.4 is 5.32 Å². The van der Waals surface area contributed by atoms with Crippen molar-refractivity contribution in [3.05, 3.63) is 76.1 Å². The molecule has 3 aromatic heterocycles. The van der Waals surface area contributed by atoms with Gasteiger partial charge < -0.3 is 15.1 Å². The lowest BCUT2D eigenvalue weighted by Gasteiger charge is -2.27. The lowest BCUT2D eigenvalue weighted by molar-refractivity contribution is -0.138. The van der Waals surface area contributed by atoms with Gasteiger partial charge in [-0.05, 0) is 98.4 Å². The first kappa shape index (κ1) is 36.4. The summed E-state index contributed by atoms with van der Waals surface area (Å²) >= 11 is 3.43. The number of aromatic nitrogens is 5. The highest BCUT2D eigenvalue weighted by Crippen LogP contribution is 2.60. The first-order valence-corrected chi connectivity index (χ1v) is 18.2. The molecule has 0 unspecified atom stereocenters. The van der Waals surface area contributed by atoms with Crippen LogP contribution in [-0.4, -0.2) is 84.4 Å². The second-order valence-corrected chi connectivity index (χ2v) is 14.7. The monoisotopic (exact) mass is 758 g/mol. The number of piperidine rings is 1. The fraction of sp³-hybridized carbons (Fsp3) is 0.447. The van der Waals surface area contributed by atoms with Crippen LogP contribution in [-0.2, 0) is 29.2 Å². The summed E-state index contributed by atoms with van der Waals surface area (Å²) in [5.74, 6) is 0.124. The fourth-order valence-electron chi connectivity index (χ4n) is 7.47. The molecular formula is C38H44BrFN8O3. The Balaban J connectivity index is 1.34. The number of hydrogen-bond donors (Lipinski definition) is 1. The minimum atomic E-state index is -0.839. The van der Waals surface area contributed by atoms with Crippen molar-refractivity contribution in [2.45, 2.75) is 85.1 Å². The summed E-state index contributed by atoms with van der Waals surface area (Å²) in [7, 11) is 2.09. The summed E-state index contributed by atoms with van der Waals surface area (Å²) in [6.45, 7) is 7.88. The number of fused-ring (bicyclic) bond motifs is 2. The Hall–Kier alpha value is -4.36. The highest BCUT2D eigenvalue weighted by atomic mass is 79.9. The molecule has 11 nitrogen and oxygen atoms in total. The van der Waals surface area contributed by atoms with Gasteiger partial charge >= 0.3 is 0 Å². The predicted octanol–water partition coefficient (Wildman–Crippen LogP) is 6.48. The average molecular weight is 760 g/mol. The second-order valence-electron chi connectivity index (χ2n) is 13.8. The van der Waals surface area contributed by atoms with Crippen molar-refractivity contribution in [3.8, 4) is 11.1 Å². The number of amides is 2. The molecule has 6 rings (SSSR count). The number of carbonyl (C=O) groups is 3. The number of nitrogens with one attached hydrogen (secondary N) is 1. The number of anilines is 1. The smallest absolute Gasteiger partial charge is 0.248 e. The van der Waals surface area contributed by atoms with E-state index < -0.39 is 12.7 Å². The van der Waals surface area contributed by atoms with Gasteiger partial charge in [-0.1, -0.05) is 31.6 Å². The normalized spacial score (nSPS) is 19.6. The molecule has 0 radical (unpaired) electrons. The van der Waals surface area contributed by atoms with Gasteiger partial charge in [-0.2, -0.15) is 5.10 Å². The minimum Gasteiger partial charge on any atom is -0.325 e. The summed E-state index contributed by atoms with van der Waals surface area (Å²) in [5.41, 5.74) is 2.76. The summed E-state index contributed by atoms with van der Waals surface area (Å²) in [6, 6.07) is 6.33. The van der Waals surface area contributed by atoms with E-state index in [1.807, 2.05) is 31.2 Å². The molecule has 1 aliphatic heterocycles. The molecule has 3 atom stereocenters. The number of aryl methyl sites for hydroxylation is 1. The third-order valence-electron chi connectivity index (χ3n) is 10.0. The number of ketones is 1. The molecule has 2 aliphatic rings. The predicted molar refractivity (Wildman–Crippen MR) is 198 cm³/mol.